The molecule has 0 fully saturated rings. The molecule has 0 aliphatic rings. The van der Waals surface area contributed by atoms with Crippen LogP contribution in [0.1, 0.15) is 0 Å². The number of fused-ring (bicyclic) bond motifs is 1. The Balaban J connectivity index is 2.34. The van der Waals surface area contributed by atoms with Crippen molar-refractivity contribution in [2.75, 3.05) is 0 Å². The highest BCUT2D eigenvalue weighted by atomic mass is 32.3. The lowest BCUT2D eigenvalue weighted by atomic mass is 10.1. The van der Waals surface area contributed by atoms with Gasteiger partial charge in [-0.2, -0.15) is 16.8 Å². The molecule has 1 aromatic heterocycles. The van der Waals surface area contributed by atoms with Gasteiger partial charge in [0.2, 0.25) is 5.75 Å². The number of phenols is 3. The molecule has 0 atom stereocenters. The van der Waals surface area contributed by atoms with E-state index in [0.29, 0.717) is 6.07 Å². The van der Waals surface area contributed by atoms with Crippen LogP contribution in [0.4, 0.5) is 0 Å². The van der Waals surface area contributed by atoms with E-state index in [-0.39, 0.29) is 11.3 Å². The first kappa shape index (κ1) is 21.2. The molecule has 2 aromatic carbocycles. The van der Waals surface area contributed by atoms with Crippen molar-refractivity contribution in [3.63, 3.8) is 0 Å². The van der Waals surface area contributed by atoms with Gasteiger partial charge >= 0.3 is 20.8 Å². The number of hydrogen-bond donors (Lipinski definition) is 5. The Morgan fingerprint density at radius 3 is 2.03 bits per heavy atom. The average Bonchev–Trinajstić information content (AvgIpc) is 2.58. The van der Waals surface area contributed by atoms with Gasteiger partial charge < -0.3 is 28.1 Å². The number of phenolic OH excluding ortho intramolecular Hbond substituents is 3. The maximum absolute atomic E-state index is 12.5. The van der Waals surface area contributed by atoms with Gasteiger partial charge in [0.25, 0.3) is 0 Å². The zero-order chi connectivity index (χ0) is 22.4. The quantitative estimate of drug-likeness (QED) is 0.264. The van der Waals surface area contributed by atoms with E-state index >= 15 is 0 Å². The standard InChI is InChI=1S/C15H10O13S2/c16-7-2-1-6(3-8(7)17)10-4-9(18)13-11(26-10)5-12(27-29(20,21)22)15(14(13)19)28-30(23,24)25/h1-5,16-17,19H,(H,20,21,22)(H,23,24,25). The molecule has 13 nitrogen and oxygen atoms in total. The van der Waals surface area contributed by atoms with Gasteiger partial charge in [-0.15, -0.1) is 0 Å². The lowest BCUT2D eigenvalue weighted by Crippen LogP contribution is -2.12. The number of benzene rings is 2. The van der Waals surface area contributed by atoms with E-state index < -0.39 is 65.9 Å². The van der Waals surface area contributed by atoms with Crippen LogP contribution in [0.5, 0.6) is 28.7 Å². The van der Waals surface area contributed by atoms with Crippen molar-refractivity contribution in [1.29, 1.82) is 0 Å². The van der Waals surface area contributed by atoms with E-state index in [0.717, 1.165) is 18.2 Å². The largest absolute Gasteiger partial charge is 0.504 e. The van der Waals surface area contributed by atoms with Gasteiger partial charge in [0.1, 0.15) is 16.7 Å². The molecule has 1 heterocycles. The van der Waals surface area contributed by atoms with E-state index in [2.05, 4.69) is 8.37 Å². The predicted molar refractivity (Wildman–Crippen MR) is 97.3 cm³/mol. The van der Waals surface area contributed by atoms with Gasteiger partial charge in [-0.1, -0.05) is 0 Å². The van der Waals surface area contributed by atoms with Crippen molar-refractivity contribution >= 4 is 31.8 Å². The van der Waals surface area contributed by atoms with Crippen LogP contribution in [0.25, 0.3) is 22.3 Å². The molecule has 3 aromatic rings. The molecular formula is C15H10O13S2. The zero-order valence-electron chi connectivity index (χ0n) is 14.2. The molecule has 30 heavy (non-hydrogen) atoms. The van der Waals surface area contributed by atoms with Crippen molar-refractivity contribution in [2.24, 2.45) is 0 Å². The van der Waals surface area contributed by atoms with Crippen LogP contribution in [0, 0.1) is 0 Å². The Bertz CT molecular complexity index is 1440. The Hall–Kier alpha value is -3.53. The molecule has 0 aliphatic heterocycles. The van der Waals surface area contributed by atoms with Crippen molar-refractivity contribution in [3.05, 3.63) is 40.6 Å². The van der Waals surface area contributed by atoms with Crippen LogP contribution in [0.15, 0.2) is 39.5 Å². The van der Waals surface area contributed by atoms with Gasteiger partial charge in [-0.25, -0.2) is 0 Å². The van der Waals surface area contributed by atoms with Crippen LogP contribution in [-0.2, 0) is 20.8 Å². The lowest BCUT2D eigenvalue weighted by molar-refractivity contribution is 0.350. The summed E-state index contributed by atoms with van der Waals surface area (Å²) in [7, 11) is -10.6. The summed E-state index contributed by atoms with van der Waals surface area (Å²) in [6.45, 7) is 0. The summed E-state index contributed by atoms with van der Waals surface area (Å²) in [5.41, 5.74) is -1.45. The summed E-state index contributed by atoms with van der Waals surface area (Å²) >= 11 is 0. The molecule has 0 bridgehead atoms. The highest BCUT2D eigenvalue weighted by molar-refractivity contribution is 7.81. The smallest absolute Gasteiger partial charge is 0.446 e. The lowest BCUT2D eigenvalue weighted by Gasteiger charge is -2.12. The first-order valence-corrected chi connectivity index (χ1v) is 10.2. The predicted octanol–water partition coefficient (Wildman–Crippen LogP) is 0.940. The molecule has 0 spiro atoms. The van der Waals surface area contributed by atoms with Crippen molar-refractivity contribution in [3.8, 4) is 40.1 Å². The second-order valence-corrected chi connectivity index (χ2v) is 7.67. The third-order valence-corrected chi connectivity index (χ3v) is 4.32. The molecule has 0 saturated carbocycles. The summed E-state index contributed by atoms with van der Waals surface area (Å²) in [6.07, 6.45) is 0. The van der Waals surface area contributed by atoms with Crippen LogP contribution in [0.2, 0.25) is 0 Å². The summed E-state index contributed by atoms with van der Waals surface area (Å²) in [5.74, 6) is -4.97. The average molecular weight is 462 g/mol. The third kappa shape index (κ3) is 4.38. The fourth-order valence-electron chi connectivity index (χ4n) is 2.44. The van der Waals surface area contributed by atoms with Crippen LogP contribution in [0.3, 0.4) is 0 Å². The Kier molecular flexibility index (Phi) is 4.99. The number of hydrogen-bond acceptors (Lipinski definition) is 11. The van der Waals surface area contributed by atoms with Crippen molar-refractivity contribution in [2.45, 2.75) is 0 Å². The molecule has 5 N–H and O–H groups in total. The van der Waals surface area contributed by atoms with Crippen molar-refractivity contribution in [1.82, 2.24) is 0 Å². The minimum atomic E-state index is -5.32. The number of rotatable bonds is 5. The summed E-state index contributed by atoms with van der Waals surface area (Å²) < 4.78 is 75.3. The second-order valence-electron chi connectivity index (χ2n) is 5.63. The molecule has 0 unspecified atom stereocenters. The maximum atomic E-state index is 12.5. The van der Waals surface area contributed by atoms with E-state index in [9.17, 15) is 36.9 Å². The van der Waals surface area contributed by atoms with Crippen molar-refractivity contribution < 1.29 is 54.0 Å². The topological polar surface area (TPSA) is 218 Å². The third-order valence-electron chi connectivity index (χ3n) is 3.56. The zero-order valence-corrected chi connectivity index (χ0v) is 15.8. The highest BCUT2D eigenvalue weighted by Gasteiger charge is 2.26. The van der Waals surface area contributed by atoms with Gasteiger partial charge in [-0.05, 0) is 18.2 Å². The van der Waals surface area contributed by atoms with Gasteiger partial charge in [0.15, 0.2) is 28.4 Å². The molecule has 0 saturated heterocycles. The fraction of sp³-hybridized carbons (Fsp3) is 0. The molecule has 0 aliphatic carbocycles. The SMILES string of the molecule is O=c1cc(-c2ccc(O)c(O)c2)oc2cc(OS(=O)(=O)O)c(OS(=O)(=O)O)c(O)c12. The minimum absolute atomic E-state index is 0.0827. The van der Waals surface area contributed by atoms with E-state index in [1.165, 1.54) is 6.07 Å². The maximum Gasteiger partial charge on any atom is 0.446 e. The minimum Gasteiger partial charge on any atom is -0.504 e. The second kappa shape index (κ2) is 7.06. The van der Waals surface area contributed by atoms with E-state index in [4.69, 9.17) is 13.5 Å². The number of aromatic hydroxyl groups is 3. The summed E-state index contributed by atoms with van der Waals surface area (Å²) in [6, 6.07) is 4.79. The van der Waals surface area contributed by atoms with Gasteiger partial charge in [0.05, 0.1) is 0 Å². The molecular weight excluding hydrogens is 452 g/mol. The summed E-state index contributed by atoms with van der Waals surface area (Å²) in [5, 5.41) is 28.5. The van der Waals surface area contributed by atoms with E-state index in [1.54, 1.807) is 0 Å². The summed E-state index contributed by atoms with van der Waals surface area (Å²) in [4.78, 5) is 12.5. The first-order valence-electron chi connectivity index (χ1n) is 7.45. The monoisotopic (exact) mass is 462 g/mol. The van der Waals surface area contributed by atoms with Crippen LogP contribution >= 0.6 is 0 Å². The fourth-order valence-corrected chi connectivity index (χ4v) is 3.16. The molecule has 3 rings (SSSR count). The Morgan fingerprint density at radius 2 is 1.47 bits per heavy atom. The Labute approximate surface area is 166 Å². The van der Waals surface area contributed by atoms with Gasteiger partial charge in [-0.3, -0.25) is 13.9 Å². The van der Waals surface area contributed by atoms with Crippen LogP contribution < -0.4 is 13.8 Å². The van der Waals surface area contributed by atoms with Gasteiger partial charge in [0, 0.05) is 17.7 Å². The first-order chi connectivity index (χ1) is 13.7. The Morgan fingerprint density at radius 1 is 0.833 bits per heavy atom. The molecule has 15 heteroatoms. The molecule has 160 valence electrons. The molecule has 0 radical (unpaired) electrons. The molecule has 0 amide bonds. The van der Waals surface area contributed by atoms with E-state index in [1.807, 2.05) is 0 Å². The van der Waals surface area contributed by atoms with Crippen LogP contribution in [-0.4, -0.2) is 41.3 Å². The normalized spacial score (nSPS) is 12.1. The highest BCUT2D eigenvalue weighted by Crippen LogP contribution is 2.43.